The van der Waals surface area contributed by atoms with E-state index in [-0.39, 0.29) is 10.8 Å². The summed E-state index contributed by atoms with van der Waals surface area (Å²) >= 11 is 0. The lowest BCUT2D eigenvalue weighted by Crippen LogP contribution is -2.35. The average molecular weight is 218 g/mol. The molecule has 2 atom stereocenters. The van der Waals surface area contributed by atoms with Crippen LogP contribution in [0, 0.1) is 16.2 Å². The summed E-state index contributed by atoms with van der Waals surface area (Å²) in [7, 11) is 0. The summed E-state index contributed by atoms with van der Waals surface area (Å²) in [5.74, 6) is 0.454. The molecule has 1 fully saturated rings. The molecule has 16 heavy (non-hydrogen) atoms. The van der Waals surface area contributed by atoms with E-state index in [1.807, 2.05) is 0 Å². The second kappa shape index (κ2) is 2.63. The number of fused-ring (bicyclic) bond motifs is 2. The molecule has 0 aliphatic heterocycles. The van der Waals surface area contributed by atoms with Crippen LogP contribution in [-0.2, 0) is 4.79 Å². The first kappa shape index (κ1) is 10.6. The highest BCUT2D eigenvalue weighted by atomic mass is 16.1. The van der Waals surface area contributed by atoms with Gasteiger partial charge in [-0.2, -0.15) is 0 Å². The van der Waals surface area contributed by atoms with Crippen LogP contribution in [-0.4, -0.2) is 5.78 Å². The van der Waals surface area contributed by atoms with Gasteiger partial charge in [-0.1, -0.05) is 39.7 Å². The minimum atomic E-state index is -0.113. The number of carbonyl (C=O) groups excluding carboxylic acids is 1. The van der Waals surface area contributed by atoms with E-state index in [1.54, 1.807) is 0 Å². The number of ketones is 1. The molecule has 0 aromatic carbocycles. The highest BCUT2D eigenvalue weighted by Gasteiger charge is 2.61. The van der Waals surface area contributed by atoms with Gasteiger partial charge < -0.3 is 0 Å². The Bertz CT molecular complexity index is 415. The molecule has 0 spiro atoms. The van der Waals surface area contributed by atoms with Crippen molar-refractivity contribution in [3.05, 3.63) is 11.1 Å². The van der Waals surface area contributed by atoms with Gasteiger partial charge >= 0.3 is 0 Å². The molecule has 0 N–H and O–H groups in total. The van der Waals surface area contributed by atoms with E-state index in [4.69, 9.17) is 0 Å². The van der Waals surface area contributed by atoms with Gasteiger partial charge in [-0.3, -0.25) is 4.79 Å². The largest absolute Gasteiger partial charge is 0.294 e. The summed E-state index contributed by atoms with van der Waals surface area (Å²) in [6.07, 6.45) is 6.05. The van der Waals surface area contributed by atoms with Gasteiger partial charge in [0.2, 0.25) is 0 Å². The van der Waals surface area contributed by atoms with Crippen LogP contribution in [0.25, 0.3) is 0 Å². The molecule has 1 nitrogen and oxygen atoms in total. The van der Waals surface area contributed by atoms with Gasteiger partial charge in [-0.15, -0.1) is 0 Å². The van der Waals surface area contributed by atoms with E-state index in [0.29, 0.717) is 11.2 Å². The summed E-state index contributed by atoms with van der Waals surface area (Å²) in [5, 5.41) is 0. The summed E-state index contributed by atoms with van der Waals surface area (Å²) in [5.41, 5.74) is 3.23. The minimum absolute atomic E-state index is 0.113. The molecular formula is C15H22O. The fraction of sp³-hybridized carbons (Fsp3) is 0.800. The molecule has 1 heteroatoms. The summed E-state index contributed by atoms with van der Waals surface area (Å²) < 4.78 is 0. The third kappa shape index (κ3) is 0.959. The Morgan fingerprint density at radius 2 is 1.69 bits per heavy atom. The van der Waals surface area contributed by atoms with Crippen molar-refractivity contribution in [2.75, 3.05) is 0 Å². The maximum Gasteiger partial charge on any atom is 0.165 e. The predicted molar refractivity (Wildman–Crippen MR) is 65.1 cm³/mol. The normalized spacial score (nSPS) is 45.1. The van der Waals surface area contributed by atoms with E-state index in [2.05, 4.69) is 27.7 Å². The smallest absolute Gasteiger partial charge is 0.165 e. The second-order valence-electron chi connectivity index (χ2n) is 7.29. The van der Waals surface area contributed by atoms with E-state index >= 15 is 0 Å². The molecule has 0 radical (unpaired) electrons. The predicted octanol–water partition coefficient (Wildman–Crippen LogP) is 3.88. The van der Waals surface area contributed by atoms with Crippen molar-refractivity contribution in [1.29, 1.82) is 0 Å². The Balaban J connectivity index is 2.10. The van der Waals surface area contributed by atoms with Crippen LogP contribution in [0.2, 0.25) is 0 Å². The molecule has 0 heterocycles. The Morgan fingerprint density at radius 3 is 2.38 bits per heavy atom. The highest BCUT2D eigenvalue weighted by molar-refractivity contribution is 6.05. The molecule has 3 aliphatic carbocycles. The van der Waals surface area contributed by atoms with Crippen molar-refractivity contribution in [2.24, 2.45) is 16.2 Å². The summed E-state index contributed by atoms with van der Waals surface area (Å²) in [6.45, 7) is 8.98. The molecule has 3 aliphatic rings. The Kier molecular flexibility index (Phi) is 1.73. The van der Waals surface area contributed by atoms with E-state index in [1.165, 1.54) is 36.8 Å². The molecule has 3 rings (SSSR count). The molecule has 1 saturated carbocycles. The van der Waals surface area contributed by atoms with Gasteiger partial charge in [-0.25, -0.2) is 0 Å². The van der Waals surface area contributed by atoms with Gasteiger partial charge in [0.15, 0.2) is 5.78 Å². The van der Waals surface area contributed by atoms with Crippen molar-refractivity contribution in [2.45, 2.75) is 59.8 Å². The van der Waals surface area contributed by atoms with Crippen LogP contribution in [0.5, 0.6) is 0 Å². The van der Waals surface area contributed by atoms with Crippen LogP contribution in [0.15, 0.2) is 11.1 Å². The zero-order valence-corrected chi connectivity index (χ0v) is 10.9. The third-order valence-electron chi connectivity index (χ3n) is 5.74. The van der Waals surface area contributed by atoms with Crippen molar-refractivity contribution in [3.63, 3.8) is 0 Å². The van der Waals surface area contributed by atoms with Gasteiger partial charge in [0.25, 0.3) is 0 Å². The number of Topliss-reactive ketones (excluding diaryl/α,β-unsaturated/α-hetero) is 1. The molecule has 0 aromatic rings. The van der Waals surface area contributed by atoms with Crippen molar-refractivity contribution >= 4 is 5.78 Å². The number of rotatable bonds is 0. The van der Waals surface area contributed by atoms with Crippen molar-refractivity contribution in [1.82, 2.24) is 0 Å². The summed E-state index contributed by atoms with van der Waals surface area (Å²) in [6, 6.07) is 0. The van der Waals surface area contributed by atoms with Crippen molar-refractivity contribution < 1.29 is 4.79 Å². The SMILES string of the molecule is CC1(C)CC2=C(C1=O)[C@]1(C)CCC[C@]1(C)C2. The fourth-order valence-electron chi connectivity index (χ4n) is 4.58. The van der Waals surface area contributed by atoms with E-state index in [9.17, 15) is 4.79 Å². The number of hydrogen-bond acceptors (Lipinski definition) is 1. The van der Waals surface area contributed by atoms with Crippen LogP contribution in [0.1, 0.15) is 59.8 Å². The number of allylic oxidation sites excluding steroid dienone is 2. The lowest BCUT2D eigenvalue weighted by atomic mass is 9.64. The Hall–Kier alpha value is -0.590. The molecule has 0 unspecified atom stereocenters. The lowest BCUT2D eigenvalue weighted by Gasteiger charge is -2.38. The average Bonchev–Trinajstić information content (AvgIpc) is 2.58. The molecule has 0 saturated heterocycles. The van der Waals surface area contributed by atoms with Crippen LogP contribution in [0.4, 0.5) is 0 Å². The first-order chi connectivity index (χ1) is 7.30. The van der Waals surface area contributed by atoms with E-state index < -0.39 is 0 Å². The molecular weight excluding hydrogens is 196 g/mol. The quantitative estimate of drug-likeness (QED) is 0.603. The highest BCUT2D eigenvalue weighted by Crippen LogP contribution is 2.68. The number of carbonyl (C=O) groups is 1. The Labute approximate surface area is 98.3 Å². The standard InChI is InChI=1S/C15H22O/c1-13(2)8-10-9-14(3)6-5-7-15(14,4)11(10)12(13)16/h5-9H2,1-4H3/t14-,15+/m1/s1. The Morgan fingerprint density at radius 1 is 1.00 bits per heavy atom. The number of hydrogen-bond donors (Lipinski definition) is 0. The monoisotopic (exact) mass is 218 g/mol. The summed E-state index contributed by atoms with van der Waals surface area (Å²) in [4.78, 5) is 12.5. The van der Waals surface area contributed by atoms with E-state index in [0.717, 1.165) is 6.42 Å². The second-order valence-corrected chi connectivity index (χ2v) is 7.29. The van der Waals surface area contributed by atoms with Gasteiger partial charge in [0.1, 0.15) is 0 Å². The molecule has 88 valence electrons. The molecule has 0 bridgehead atoms. The van der Waals surface area contributed by atoms with Gasteiger partial charge in [0.05, 0.1) is 0 Å². The molecule has 0 amide bonds. The van der Waals surface area contributed by atoms with Gasteiger partial charge in [-0.05, 0) is 31.1 Å². The van der Waals surface area contributed by atoms with Crippen LogP contribution in [0.3, 0.4) is 0 Å². The topological polar surface area (TPSA) is 17.1 Å². The first-order valence-electron chi connectivity index (χ1n) is 6.58. The van der Waals surface area contributed by atoms with Crippen LogP contribution >= 0.6 is 0 Å². The fourth-order valence-corrected chi connectivity index (χ4v) is 4.58. The van der Waals surface area contributed by atoms with Crippen LogP contribution < -0.4 is 0 Å². The maximum absolute atomic E-state index is 12.5. The maximum atomic E-state index is 12.5. The zero-order valence-electron chi connectivity index (χ0n) is 10.9. The van der Waals surface area contributed by atoms with Gasteiger partial charge in [0, 0.05) is 16.4 Å². The minimum Gasteiger partial charge on any atom is -0.294 e. The molecule has 0 aromatic heterocycles. The van der Waals surface area contributed by atoms with Crippen molar-refractivity contribution in [3.8, 4) is 0 Å². The third-order valence-corrected chi connectivity index (χ3v) is 5.74. The lowest BCUT2D eigenvalue weighted by molar-refractivity contribution is -0.123. The first-order valence-corrected chi connectivity index (χ1v) is 6.58. The zero-order chi connectivity index (χ0) is 11.8.